The maximum absolute atomic E-state index is 13.3. The van der Waals surface area contributed by atoms with Crippen LogP contribution in [0.25, 0.3) is 5.57 Å². The number of methoxy groups -OCH3 is 1. The molecule has 1 aromatic carbocycles. The van der Waals surface area contributed by atoms with Crippen LogP contribution in [0.1, 0.15) is 24.8 Å². The topological polar surface area (TPSA) is 96.4 Å². The van der Waals surface area contributed by atoms with Gasteiger partial charge in [0.15, 0.2) is 6.29 Å². The lowest BCUT2D eigenvalue weighted by Crippen LogP contribution is -2.53. The van der Waals surface area contributed by atoms with Gasteiger partial charge in [-0.3, -0.25) is 0 Å². The molecule has 0 radical (unpaired) electrons. The van der Waals surface area contributed by atoms with E-state index in [4.69, 9.17) is 9.47 Å². The average Bonchev–Trinajstić information content (AvgIpc) is 2.82. The Hall–Kier alpha value is -2.20. The highest BCUT2D eigenvalue weighted by molar-refractivity contribution is 7.89. The van der Waals surface area contributed by atoms with Crippen molar-refractivity contribution in [3.05, 3.63) is 54.6 Å². The molecular weight excluding hydrogens is 432 g/mol. The second-order valence-corrected chi connectivity index (χ2v) is 10.2. The number of carbonyl (C=O) groups is 1. The Morgan fingerprint density at radius 3 is 2.50 bits per heavy atom. The van der Waals surface area contributed by atoms with E-state index < -0.39 is 27.8 Å². The second kappa shape index (κ2) is 10.6. The molecule has 1 saturated heterocycles. The summed E-state index contributed by atoms with van der Waals surface area (Å²) < 4.78 is 38.3. The summed E-state index contributed by atoms with van der Waals surface area (Å²) in [6, 6.07) is 9.93. The van der Waals surface area contributed by atoms with Crippen molar-refractivity contribution in [2.45, 2.75) is 25.6 Å². The third-order valence-corrected chi connectivity index (χ3v) is 8.33. The number of aliphatic hydroxyl groups excluding tert-OH is 1. The summed E-state index contributed by atoms with van der Waals surface area (Å²) in [7, 11) is -2.29. The van der Waals surface area contributed by atoms with Crippen molar-refractivity contribution in [3.63, 3.8) is 0 Å². The summed E-state index contributed by atoms with van der Waals surface area (Å²) in [6.45, 7) is 4.89. The van der Waals surface area contributed by atoms with Gasteiger partial charge in [0, 0.05) is 38.7 Å². The number of likely N-dealkylation sites (tertiary alicyclic amines) is 1. The van der Waals surface area contributed by atoms with Crippen LogP contribution in [0.5, 0.6) is 0 Å². The quantitative estimate of drug-likeness (QED) is 0.469. The lowest BCUT2D eigenvalue weighted by atomic mass is 9.79. The minimum Gasteiger partial charge on any atom is -0.445 e. The highest BCUT2D eigenvalue weighted by Gasteiger charge is 2.47. The Labute approximate surface area is 190 Å². The smallest absolute Gasteiger partial charge is 0.410 e. The molecular formula is C23H32N2O6S. The summed E-state index contributed by atoms with van der Waals surface area (Å²) in [4.78, 5) is 13.6. The molecule has 2 aliphatic rings. The maximum Gasteiger partial charge on any atom is 0.410 e. The van der Waals surface area contributed by atoms with Gasteiger partial charge in [0.05, 0.1) is 5.75 Å². The van der Waals surface area contributed by atoms with E-state index in [1.807, 2.05) is 36.4 Å². The largest absolute Gasteiger partial charge is 0.445 e. The molecule has 3 rings (SSSR count). The molecule has 0 saturated carbocycles. The van der Waals surface area contributed by atoms with Gasteiger partial charge in [-0.2, -0.15) is 4.31 Å². The molecule has 0 bridgehead atoms. The van der Waals surface area contributed by atoms with Crippen molar-refractivity contribution in [1.82, 2.24) is 9.21 Å². The molecule has 1 unspecified atom stereocenters. The van der Waals surface area contributed by atoms with Crippen LogP contribution in [-0.4, -0.2) is 80.8 Å². The molecule has 176 valence electrons. The van der Waals surface area contributed by atoms with Gasteiger partial charge in [0.2, 0.25) is 10.0 Å². The number of aliphatic hydroxyl groups is 1. The van der Waals surface area contributed by atoms with Crippen molar-refractivity contribution >= 4 is 21.7 Å². The Balaban J connectivity index is 1.69. The van der Waals surface area contributed by atoms with Crippen molar-refractivity contribution in [2.24, 2.45) is 5.41 Å². The van der Waals surface area contributed by atoms with Crippen molar-refractivity contribution < 1.29 is 27.8 Å². The molecule has 9 heteroatoms. The fraction of sp³-hybridized carbons (Fsp3) is 0.522. The van der Waals surface area contributed by atoms with Crippen LogP contribution in [0.2, 0.25) is 0 Å². The van der Waals surface area contributed by atoms with Crippen LogP contribution < -0.4 is 0 Å². The van der Waals surface area contributed by atoms with E-state index in [-0.39, 0.29) is 25.4 Å². The minimum absolute atomic E-state index is 0.114. The van der Waals surface area contributed by atoms with Crippen molar-refractivity contribution in [2.75, 3.05) is 45.6 Å². The van der Waals surface area contributed by atoms with Crippen LogP contribution in [0.15, 0.2) is 49.1 Å². The molecule has 0 spiro atoms. The Morgan fingerprint density at radius 2 is 1.94 bits per heavy atom. The van der Waals surface area contributed by atoms with Gasteiger partial charge in [-0.05, 0) is 30.4 Å². The van der Waals surface area contributed by atoms with Crippen LogP contribution in [0, 0.1) is 5.41 Å². The zero-order chi connectivity index (χ0) is 23.2. The number of amides is 1. The number of rotatable bonds is 8. The summed E-state index contributed by atoms with van der Waals surface area (Å²) >= 11 is 0. The van der Waals surface area contributed by atoms with E-state index in [1.54, 1.807) is 0 Å². The van der Waals surface area contributed by atoms with Crippen LogP contribution in [-0.2, 0) is 19.5 Å². The first-order valence-corrected chi connectivity index (χ1v) is 12.4. The molecule has 0 aliphatic carbocycles. The summed E-state index contributed by atoms with van der Waals surface area (Å²) in [6.07, 6.45) is 2.95. The SMILES string of the molecule is C=CCOC(=O)N1CCC(CS(=O)(=O)N2CC=C(c3ccccc3)CC2)(C(O)OC)CC1. The van der Waals surface area contributed by atoms with Gasteiger partial charge in [0.1, 0.15) is 6.61 Å². The highest BCUT2D eigenvalue weighted by Crippen LogP contribution is 2.38. The Morgan fingerprint density at radius 1 is 1.25 bits per heavy atom. The third kappa shape index (κ3) is 5.58. The summed E-state index contributed by atoms with van der Waals surface area (Å²) in [5.74, 6) is -0.237. The number of hydrogen-bond donors (Lipinski definition) is 1. The molecule has 1 atom stereocenters. The molecule has 1 fully saturated rings. The lowest BCUT2D eigenvalue weighted by molar-refractivity contribution is -0.164. The Kier molecular flexibility index (Phi) is 8.10. The molecule has 0 aromatic heterocycles. The van der Waals surface area contributed by atoms with Crippen molar-refractivity contribution in [3.8, 4) is 0 Å². The first-order valence-electron chi connectivity index (χ1n) is 10.8. The van der Waals surface area contributed by atoms with Crippen molar-refractivity contribution in [1.29, 1.82) is 0 Å². The first kappa shape index (κ1) is 24.4. The molecule has 2 aliphatic heterocycles. The predicted octanol–water partition coefficient (Wildman–Crippen LogP) is 2.48. The van der Waals surface area contributed by atoms with Gasteiger partial charge in [-0.25, -0.2) is 13.2 Å². The van der Waals surface area contributed by atoms with Crippen LogP contribution in [0.4, 0.5) is 4.79 Å². The molecule has 32 heavy (non-hydrogen) atoms. The van der Waals surface area contributed by atoms with Gasteiger partial charge in [-0.1, -0.05) is 49.1 Å². The number of benzene rings is 1. The zero-order valence-electron chi connectivity index (χ0n) is 18.5. The summed E-state index contributed by atoms with van der Waals surface area (Å²) in [5, 5.41) is 10.6. The average molecular weight is 465 g/mol. The summed E-state index contributed by atoms with van der Waals surface area (Å²) in [5.41, 5.74) is 1.24. The lowest BCUT2D eigenvalue weighted by Gasteiger charge is -2.44. The zero-order valence-corrected chi connectivity index (χ0v) is 19.3. The normalized spacial score (nSPS) is 20.3. The molecule has 1 N–H and O–H groups in total. The number of piperidine rings is 1. The fourth-order valence-corrected chi connectivity index (χ4v) is 6.35. The van der Waals surface area contributed by atoms with Crippen LogP contribution >= 0.6 is 0 Å². The highest BCUT2D eigenvalue weighted by atomic mass is 32.2. The van der Waals surface area contributed by atoms with Gasteiger partial charge in [-0.15, -0.1) is 0 Å². The van der Waals surface area contributed by atoms with E-state index in [0.29, 0.717) is 32.4 Å². The third-order valence-electron chi connectivity index (χ3n) is 6.27. The van der Waals surface area contributed by atoms with E-state index in [0.717, 1.165) is 11.1 Å². The number of nitrogens with zero attached hydrogens (tertiary/aromatic N) is 2. The molecule has 1 aromatic rings. The number of sulfonamides is 1. The van der Waals surface area contributed by atoms with E-state index in [2.05, 4.69) is 6.58 Å². The molecule has 8 nitrogen and oxygen atoms in total. The fourth-order valence-electron chi connectivity index (χ4n) is 4.34. The minimum atomic E-state index is -3.65. The van der Waals surface area contributed by atoms with E-state index in [1.165, 1.54) is 22.4 Å². The maximum atomic E-state index is 13.3. The first-order chi connectivity index (χ1) is 15.3. The van der Waals surface area contributed by atoms with E-state index in [9.17, 15) is 18.3 Å². The number of carbonyl (C=O) groups excluding carboxylic acids is 1. The number of ether oxygens (including phenoxy) is 2. The van der Waals surface area contributed by atoms with Gasteiger partial charge < -0.3 is 19.5 Å². The predicted molar refractivity (Wildman–Crippen MR) is 122 cm³/mol. The van der Waals surface area contributed by atoms with Gasteiger partial charge in [0.25, 0.3) is 0 Å². The van der Waals surface area contributed by atoms with E-state index >= 15 is 0 Å². The second-order valence-electron chi connectivity index (χ2n) is 8.26. The Bertz CT molecular complexity index is 923. The van der Waals surface area contributed by atoms with Crippen LogP contribution in [0.3, 0.4) is 0 Å². The number of hydrogen-bond acceptors (Lipinski definition) is 6. The monoisotopic (exact) mass is 464 g/mol. The standard InChI is InChI=1S/C23H32N2O6S/c1-3-17-31-22(27)24-15-11-23(12-16-24,21(26)30-2)18-32(28,29)25-13-9-20(10-14-25)19-7-5-4-6-8-19/h3-9,21,26H,1,10-18H2,2H3. The molecule has 1 amide bonds. The molecule has 2 heterocycles. The van der Waals surface area contributed by atoms with Gasteiger partial charge >= 0.3 is 6.09 Å².